The zero-order chi connectivity index (χ0) is 14.6. The maximum atomic E-state index is 12.7. The number of hydrogen-bond donors (Lipinski definition) is 1. The Morgan fingerprint density at radius 1 is 1.37 bits per heavy atom. The van der Waals surface area contributed by atoms with Crippen molar-refractivity contribution in [1.29, 1.82) is 5.26 Å². The van der Waals surface area contributed by atoms with E-state index in [4.69, 9.17) is 5.26 Å². The van der Waals surface area contributed by atoms with Gasteiger partial charge in [-0.2, -0.15) is 18.4 Å². The molecule has 1 aromatic rings. The number of alkyl halides is 3. The van der Waals surface area contributed by atoms with Crippen LogP contribution >= 0.6 is 0 Å². The lowest BCUT2D eigenvalue weighted by atomic mass is 10.1. The molecule has 0 atom stereocenters. The lowest BCUT2D eigenvalue weighted by molar-refractivity contribution is -0.137. The second-order valence-corrected chi connectivity index (χ2v) is 3.80. The highest BCUT2D eigenvalue weighted by Gasteiger charge is 2.34. The van der Waals surface area contributed by atoms with E-state index < -0.39 is 35.5 Å². The minimum Gasteiger partial charge on any atom is -0.325 e. The molecule has 0 saturated carbocycles. The molecule has 1 aromatic carbocycles. The molecule has 0 radical (unpaired) electrons. The van der Waals surface area contributed by atoms with Crippen molar-refractivity contribution >= 4 is 17.4 Å². The number of nitrogens with one attached hydrogen (secondary N) is 1. The first-order valence-electron chi connectivity index (χ1n) is 5.14. The van der Waals surface area contributed by atoms with Crippen LogP contribution in [0.5, 0.6) is 0 Å². The van der Waals surface area contributed by atoms with Gasteiger partial charge in [-0.15, -0.1) is 0 Å². The smallest absolute Gasteiger partial charge is 0.325 e. The van der Waals surface area contributed by atoms with Crippen LogP contribution in [0, 0.1) is 11.3 Å². The van der Waals surface area contributed by atoms with Crippen molar-refractivity contribution in [3.8, 4) is 6.07 Å². The summed E-state index contributed by atoms with van der Waals surface area (Å²) < 4.78 is 38.2. The van der Waals surface area contributed by atoms with E-state index in [9.17, 15) is 22.8 Å². The number of benzene rings is 1. The van der Waals surface area contributed by atoms with Gasteiger partial charge in [0.05, 0.1) is 29.3 Å². The largest absolute Gasteiger partial charge is 0.418 e. The summed E-state index contributed by atoms with van der Waals surface area (Å²) in [4.78, 5) is 22.0. The van der Waals surface area contributed by atoms with Crippen LogP contribution in [-0.2, 0) is 15.8 Å². The molecule has 0 aliphatic heterocycles. The van der Waals surface area contributed by atoms with Crippen LogP contribution < -0.4 is 5.32 Å². The third kappa shape index (κ3) is 4.10. The predicted molar refractivity (Wildman–Crippen MR) is 60.1 cm³/mol. The van der Waals surface area contributed by atoms with Crippen LogP contribution in [0.4, 0.5) is 18.9 Å². The van der Waals surface area contributed by atoms with Gasteiger partial charge in [0, 0.05) is 0 Å². The van der Waals surface area contributed by atoms with Crippen molar-refractivity contribution in [2.24, 2.45) is 0 Å². The Balaban J connectivity index is 3.11. The standard InChI is InChI=1S/C12H9F3N2O2/c1-7(18)4-11(19)17-10-3-2-8(6-16)5-9(10)12(13,14)15/h2-3,5H,4H2,1H3,(H,17,19). The van der Waals surface area contributed by atoms with E-state index >= 15 is 0 Å². The van der Waals surface area contributed by atoms with Gasteiger partial charge in [0.2, 0.25) is 5.91 Å². The molecule has 1 amide bonds. The highest BCUT2D eigenvalue weighted by Crippen LogP contribution is 2.35. The highest BCUT2D eigenvalue weighted by atomic mass is 19.4. The second-order valence-electron chi connectivity index (χ2n) is 3.80. The first kappa shape index (κ1) is 14.7. The van der Waals surface area contributed by atoms with Gasteiger partial charge in [0.1, 0.15) is 5.78 Å². The molecule has 0 saturated heterocycles. The third-order valence-corrected chi connectivity index (χ3v) is 2.14. The highest BCUT2D eigenvalue weighted by molar-refractivity contribution is 6.03. The lowest BCUT2D eigenvalue weighted by Gasteiger charge is -2.13. The molecule has 7 heteroatoms. The van der Waals surface area contributed by atoms with E-state index in [-0.39, 0.29) is 5.56 Å². The molecule has 100 valence electrons. The first-order chi connectivity index (χ1) is 8.74. The number of ketones is 1. The average Bonchev–Trinajstić information content (AvgIpc) is 2.26. The Bertz CT molecular complexity index is 559. The zero-order valence-corrected chi connectivity index (χ0v) is 9.84. The van der Waals surface area contributed by atoms with Crippen LogP contribution in [0.25, 0.3) is 0 Å². The van der Waals surface area contributed by atoms with Crippen LogP contribution in [0.15, 0.2) is 18.2 Å². The maximum absolute atomic E-state index is 12.7. The zero-order valence-electron chi connectivity index (χ0n) is 9.84. The minimum absolute atomic E-state index is 0.170. The van der Waals surface area contributed by atoms with Crippen molar-refractivity contribution in [1.82, 2.24) is 0 Å². The number of nitriles is 1. The molecule has 19 heavy (non-hydrogen) atoms. The summed E-state index contributed by atoms with van der Waals surface area (Å²) in [6.07, 6.45) is -5.21. The number of rotatable bonds is 3. The van der Waals surface area contributed by atoms with E-state index in [0.717, 1.165) is 19.1 Å². The van der Waals surface area contributed by atoms with Crippen LogP contribution in [0.3, 0.4) is 0 Å². The maximum Gasteiger partial charge on any atom is 0.418 e. The predicted octanol–water partition coefficient (Wildman–Crippen LogP) is 2.49. The fourth-order valence-corrected chi connectivity index (χ4v) is 1.38. The third-order valence-electron chi connectivity index (χ3n) is 2.14. The van der Waals surface area contributed by atoms with Gasteiger partial charge in [-0.05, 0) is 25.1 Å². The number of carbonyl (C=O) groups is 2. The van der Waals surface area contributed by atoms with Crippen LogP contribution in [0.2, 0.25) is 0 Å². The molecule has 1 rings (SSSR count). The molecule has 1 N–H and O–H groups in total. The van der Waals surface area contributed by atoms with Crippen LogP contribution in [0.1, 0.15) is 24.5 Å². The molecule has 0 unspecified atom stereocenters. The van der Waals surface area contributed by atoms with Gasteiger partial charge < -0.3 is 5.32 Å². The van der Waals surface area contributed by atoms with E-state index in [1.807, 2.05) is 5.32 Å². The molecule has 0 spiro atoms. The number of halogens is 3. The van der Waals surface area contributed by atoms with Gasteiger partial charge in [-0.3, -0.25) is 9.59 Å². The normalized spacial score (nSPS) is 10.7. The molecule has 0 aromatic heterocycles. The SMILES string of the molecule is CC(=O)CC(=O)Nc1ccc(C#N)cc1C(F)(F)F. The molecular weight excluding hydrogens is 261 g/mol. The van der Waals surface area contributed by atoms with E-state index in [0.29, 0.717) is 6.07 Å². The Hall–Kier alpha value is -2.36. The molecular formula is C12H9F3N2O2. The summed E-state index contributed by atoms with van der Waals surface area (Å²) in [5.74, 6) is -1.29. The summed E-state index contributed by atoms with van der Waals surface area (Å²) in [7, 11) is 0. The second kappa shape index (κ2) is 5.52. The van der Waals surface area contributed by atoms with Gasteiger partial charge in [0.25, 0.3) is 0 Å². The van der Waals surface area contributed by atoms with Gasteiger partial charge in [-0.25, -0.2) is 0 Å². The van der Waals surface area contributed by atoms with Crippen molar-refractivity contribution in [3.63, 3.8) is 0 Å². The van der Waals surface area contributed by atoms with Gasteiger partial charge in [-0.1, -0.05) is 0 Å². The Morgan fingerprint density at radius 3 is 2.47 bits per heavy atom. The minimum atomic E-state index is -4.70. The molecule has 0 aliphatic rings. The number of Topliss-reactive ketones (excluding diaryl/α,β-unsaturated/α-hetero) is 1. The number of nitrogens with zero attached hydrogens (tertiary/aromatic N) is 1. The summed E-state index contributed by atoms with van der Waals surface area (Å²) in [5, 5.41) is 10.6. The summed E-state index contributed by atoms with van der Waals surface area (Å²) in [6.45, 7) is 1.16. The number of anilines is 1. The van der Waals surface area contributed by atoms with Gasteiger partial charge in [0.15, 0.2) is 0 Å². The Kier molecular flexibility index (Phi) is 4.27. The van der Waals surface area contributed by atoms with Crippen molar-refractivity contribution in [2.45, 2.75) is 19.5 Å². The topological polar surface area (TPSA) is 70.0 Å². The molecule has 0 heterocycles. The van der Waals surface area contributed by atoms with E-state index in [2.05, 4.69) is 0 Å². The van der Waals surface area contributed by atoms with Crippen LogP contribution in [-0.4, -0.2) is 11.7 Å². The van der Waals surface area contributed by atoms with Crippen molar-refractivity contribution in [2.75, 3.05) is 5.32 Å². The summed E-state index contributed by atoms with van der Waals surface area (Å²) in [6, 6.07) is 4.36. The van der Waals surface area contributed by atoms with E-state index in [1.165, 1.54) is 0 Å². The molecule has 0 bridgehead atoms. The molecule has 0 fully saturated rings. The number of amides is 1. The number of hydrogen-bond acceptors (Lipinski definition) is 3. The number of carbonyl (C=O) groups excluding carboxylic acids is 2. The quantitative estimate of drug-likeness (QED) is 0.858. The summed E-state index contributed by atoms with van der Waals surface area (Å²) in [5.41, 5.74) is -1.77. The van der Waals surface area contributed by atoms with Crippen molar-refractivity contribution < 1.29 is 22.8 Å². The average molecular weight is 270 g/mol. The fourth-order valence-electron chi connectivity index (χ4n) is 1.38. The van der Waals surface area contributed by atoms with Crippen molar-refractivity contribution in [3.05, 3.63) is 29.3 Å². The fraction of sp³-hybridized carbons (Fsp3) is 0.250. The Morgan fingerprint density at radius 2 is 2.00 bits per heavy atom. The Labute approximate surface area is 106 Å². The summed E-state index contributed by atoms with van der Waals surface area (Å²) >= 11 is 0. The molecule has 4 nitrogen and oxygen atoms in total. The lowest BCUT2D eigenvalue weighted by Crippen LogP contribution is -2.18. The van der Waals surface area contributed by atoms with Gasteiger partial charge >= 0.3 is 6.18 Å². The monoisotopic (exact) mass is 270 g/mol. The first-order valence-corrected chi connectivity index (χ1v) is 5.14. The van der Waals surface area contributed by atoms with E-state index in [1.54, 1.807) is 6.07 Å². The molecule has 0 aliphatic carbocycles.